The van der Waals surface area contributed by atoms with E-state index in [1.165, 1.54) is 14.2 Å². The van der Waals surface area contributed by atoms with Crippen molar-refractivity contribution in [3.05, 3.63) is 77.0 Å². The maximum atomic E-state index is 12.1. The zero-order valence-electron chi connectivity index (χ0n) is 14.5. The van der Waals surface area contributed by atoms with Crippen molar-refractivity contribution in [3.8, 4) is 0 Å². The standard InChI is InChI=1S/C20H18N2O4/c1-25-19(23)17(20(24)26-2)16-12-21-18(13-8-4-3-5-9-13)14-10-6-7-11-15(14)22-16/h3-11,22H,12H2,1-2H3. The summed E-state index contributed by atoms with van der Waals surface area (Å²) in [6.45, 7) is 0.110. The van der Waals surface area contributed by atoms with Crippen LogP contribution in [0.25, 0.3) is 0 Å². The van der Waals surface area contributed by atoms with Gasteiger partial charge in [-0.05, 0) is 6.07 Å². The fraction of sp³-hybridized carbons (Fsp3) is 0.150. The van der Waals surface area contributed by atoms with Crippen LogP contribution in [0.15, 0.2) is 70.9 Å². The number of hydrogen-bond donors (Lipinski definition) is 1. The summed E-state index contributed by atoms with van der Waals surface area (Å²) in [6, 6.07) is 17.3. The summed E-state index contributed by atoms with van der Waals surface area (Å²) >= 11 is 0. The van der Waals surface area contributed by atoms with Crippen molar-refractivity contribution in [2.45, 2.75) is 0 Å². The molecule has 6 heteroatoms. The van der Waals surface area contributed by atoms with Crippen molar-refractivity contribution in [1.29, 1.82) is 0 Å². The lowest BCUT2D eigenvalue weighted by atomic mass is 10.0. The van der Waals surface area contributed by atoms with Gasteiger partial charge in [-0.3, -0.25) is 4.99 Å². The molecule has 0 aliphatic carbocycles. The number of para-hydroxylation sites is 1. The largest absolute Gasteiger partial charge is 0.465 e. The second-order valence-corrected chi connectivity index (χ2v) is 5.54. The highest BCUT2D eigenvalue weighted by molar-refractivity contribution is 6.18. The summed E-state index contributed by atoms with van der Waals surface area (Å²) in [5.41, 5.74) is 3.49. The molecule has 2 aromatic carbocycles. The van der Waals surface area contributed by atoms with Gasteiger partial charge in [0.05, 0.1) is 32.2 Å². The summed E-state index contributed by atoms with van der Waals surface area (Å²) in [5.74, 6) is -1.54. The smallest absolute Gasteiger partial charge is 0.347 e. The van der Waals surface area contributed by atoms with E-state index >= 15 is 0 Å². The molecule has 6 nitrogen and oxygen atoms in total. The number of rotatable bonds is 3. The van der Waals surface area contributed by atoms with E-state index in [2.05, 4.69) is 10.3 Å². The maximum Gasteiger partial charge on any atom is 0.347 e. The van der Waals surface area contributed by atoms with E-state index in [0.29, 0.717) is 5.70 Å². The Morgan fingerprint density at radius 2 is 1.54 bits per heavy atom. The minimum atomic E-state index is -0.768. The molecule has 0 spiro atoms. The molecule has 0 amide bonds. The second kappa shape index (κ2) is 7.65. The van der Waals surface area contributed by atoms with Crippen molar-refractivity contribution in [2.75, 3.05) is 26.1 Å². The lowest BCUT2D eigenvalue weighted by molar-refractivity contribution is -0.144. The molecule has 0 saturated heterocycles. The fourth-order valence-corrected chi connectivity index (χ4v) is 2.76. The van der Waals surface area contributed by atoms with Crippen LogP contribution >= 0.6 is 0 Å². The van der Waals surface area contributed by atoms with Gasteiger partial charge < -0.3 is 14.8 Å². The molecule has 132 valence electrons. The quantitative estimate of drug-likeness (QED) is 0.398. The first-order valence-corrected chi connectivity index (χ1v) is 8.01. The highest BCUT2D eigenvalue weighted by atomic mass is 16.5. The predicted octanol–water partition coefficient (Wildman–Crippen LogP) is 2.55. The number of methoxy groups -OCH3 is 2. The molecule has 3 rings (SSSR count). The van der Waals surface area contributed by atoms with Crippen LogP contribution in [0.4, 0.5) is 5.69 Å². The molecule has 0 radical (unpaired) electrons. The van der Waals surface area contributed by atoms with Crippen molar-refractivity contribution in [3.63, 3.8) is 0 Å². The average Bonchev–Trinajstić information content (AvgIpc) is 2.88. The van der Waals surface area contributed by atoms with Crippen LogP contribution in [0.2, 0.25) is 0 Å². The lowest BCUT2D eigenvalue weighted by Gasteiger charge is -2.13. The highest BCUT2D eigenvalue weighted by Gasteiger charge is 2.27. The van der Waals surface area contributed by atoms with Crippen LogP contribution in [0.5, 0.6) is 0 Å². The van der Waals surface area contributed by atoms with E-state index in [-0.39, 0.29) is 12.1 Å². The molecule has 0 atom stereocenters. The Labute approximate surface area is 151 Å². The van der Waals surface area contributed by atoms with Gasteiger partial charge in [-0.2, -0.15) is 0 Å². The summed E-state index contributed by atoms with van der Waals surface area (Å²) in [6.07, 6.45) is 0. The van der Waals surface area contributed by atoms with Crippen LogP contribution in [0.3, 0.4) is 0 Å². The second-order valence-electron chi connectivity index (χ2n) is 5.54. The minimum absolute atomic E-state index is 0.110. The van der Waals surface area contributed by atoms with Crippen LogP contribution < -0.4 is 5.32 Å². The zero-order valence-corrected chi connectivity index (χ0v) is 14.5. The molecule has 1 aliphatic heterocycles. The highest BCUT2D eigenvalue weighted by Crippen LogP contribution is 2.26. The topological polar surface area (TPSA) is 77.0 Å². The Morgan fingerprint density at radius 3 is 2.19 bits per heavy atom. The van der Waals surface area contributed by atoms with E-state index in [9.17, 15) is 9.59 Å². The third-order valence-electron chi connectivity index (χ3n) is 3.99. The van der Waals surface area contributed by atoms with Gasteiger partial charge in [-0.1, -0.05) is 48.5 Å². The molecule has 0 bridgehead atoms. The lowest BCUT2D eigenvalue weighted by Crippen LogP contribution is -2.22. The number of ether oxygens (including phenoxy) is 2. The third kappa shape index (κ3) is 3.35. The van der Waals surface area contributed by atoms with Crippen molar-refractivity contribution in [1.82, 2.24) is 0 Å². The van der Waals surface area contributed by atoms with E-state index < -0.39 is 11.9 Å². The number of nitrogens with zero attached hydrogens (tertiary/aromatic N) is 1. The Hall–Kier alpha value is -3.41. The number of hydrogen-bond acceptors (Lipinski definition) is 6. The zero-order chi connectivity index (χ0) is 18.5. The summed E-state index contributed by atoms with van der Waals surface area (Å²) < 4.78 is 9.49. The minimum Gasteiger partial charge on any atom is -0.465 e. The van der Waals surface area contributed by atoms with E-state index in [1.54, 1.807) is 0 Å². The SMILES string of the molecule is COC(=O)C(C(=O)OC)=C1CN=C(c2ccccc2)c2ccccc2N1. The molecule has 2 aromatic rings. The van der Waals surface area contributed by atoms with Crippen LogP contribution in [0.1, 0.15) is 11.1 Å². The Kier molecular flexibility index (Phi) is 5.12. The number of nitrogens with one attached hydrogen (secondary N) is 1. The molecule has 1 N–H and O–H groups in total. The first-order valence-electron chi connectivity index (χ1n) is 8.01. The van der Waals surface area contributed by atoms with Gasteiger partial charge in [0.15, 0.2) is 5.57 Å². The Morgan fingerprint density at radius 1 is 0.923 bits per heavy atom. The van der Waals surface area contributed by atoms with Gasteiger partial charge in [0.25, 0.3) is 0 Å². The predicted molar refractivity (Wildman–Crippen MR) is 98.1 cm³/mol. The van der Waals surface area contributed by atoms with Crippen molar-refractivity contribution in [2.24, 2.45) is 4.99 Å². The molecule has 0 aromatic heterocycles. The number of fused-ring (bicyclic) bond motifs is 1. The summed E-state index contributed by atoms with van der Waals surface area (Å²) in [7, 11) is 2.43. The summed E-state index contributed by atoms with van der Waals surface area (Å²) in [5, 5.41) is 3.15. The molecule has 1 heterocycles. The first-order chi connectivity index (χ1) is 12.7. The number of esters is 2. The molecule has 26 heavy (non-hydrogen) atoms. The third-order valence-corrected chi connectivity index (χ3v) is 3.99. The van der Waals surface area contributed by atoms with Crippen molar-refractivity contribution < 1.29 is 19.1 Å². The van der Waals surface area contributed by atoms with Crippen molar-refractivity contribution >= 4 is 23.3 Å². The van der Waals surface area contributed by atoms with E-state index in [4.69, 9.17) is 9.47 Å². The molecule has 0 fully saturated rings. The monoisotopic (exact) mass is 350 g/mol. The van der Waals surface area contributed by atoms with Crippen LogP contribution in [-0.4, -0.2) is 38.4 Å². The fourth-order valence-electron chi connectivity index (χ4n) is 2.76. The van der Waals surface area contributed by atoms with Gasteiger partial charge in [0.1, 0.15) is 0 Å². The number of benzene rings is 2. The number of benzodiazepines with no additional fused rings is 1. The molecular formula is C20H18N2O4. The molecule has 1 aliphatic rings. The van der Waals surface area contributed by atoms with Gasteiger partial charge in [-0.25, -0.2) is 9.59 Å². The normalized spacial score (nSPS) is 12.8. The average molecular weight is 350 g/mol. The molecule has 0 unspecified atom stereocenters. The number of aliphatic imine (C=N–C) groups is 1. The van der Waals surface area contributed by atoms with Crippen LogP contribution in [-0.2, 0) is 19.1 Å². The van der Waals surface area contributed by atoms with E-state index in [0.717, 1.165) is 22.5 Å². The number of carbonyl (C=O) groups excluding carboxylic acids is 2. The van der Waals surface area contributed by atoms with Gasteiger partial charge in [-0.15, -0.1) is 0 Å². The summed E-state index contributed by atoms with van der Waals surface area (Å²) in [4.78, 5) is 28.9. The van der Waals surface area contributed by atoms with E-state index in [1.807, 2.05) is 54.6 Å². The Bertz CT molecular complexity index is 883. The maximum absolute atomic E-state index is 12.1. The van der Waals surface area contributed by atoms with Gasteiger partial charge in [0.2, 0.25) is 0 Å². The van der Waals surface area contributed by atoms with Gasteiger partial charge >= 0.3 is 11.9 Å². The first kappa shape index (κ1) is 17.4. The number of carbonyl (C=O) groups is 2. The number of anilines is 1. The molecular weight excluding hydrogens is 332 g/mol. The molecule has 0 saturated carbocycles. The van der Waals surface area contributed by atoms with Gasteiger partial charge in [0, 0.05) is 16.8 Å². The Balaban J connectivity index is 2.18. The van der Waals surface area contributed by atoms with Crippen LogP contribution in [0, 0.1) is 0 Å².